The lowest BCUT2D eigenvalue weighted by Crippen LogP contribution is -2.49. The molecule has 19 heavy (non-hydrogen) atoms. The van der Waals surface area contributed by atoms with Gasteiger partial charge in [0.15, 0.2) is 0 Å². The van der Waals surface area contributed by atoms with Gasteiger partial charge in [0.1, 0.15) is 5.54 Å². The molecule has 5 heteroatoms. The molecule has 0 fully saturated rings. The molecule has 102 valence electrons. The van der Waals surface area contributed by atoms with Crippen molar-refractivity contribution in [3.05, 3.63) is 24.5 Å². The summed E-state index contributed by atoms with van der Waals surface area (Å²) in [6.07, 6.45) is 4.57. The van der Waals surface area contributed by atoms with Gasteiger partial charge < -0.3 is 10.2 Å². The molecule has 0 aliphatic heterocycles. The van der Waals surface area contributed by atoms with Gasteiger partial charge in [-0.2, -0.15) is 5.26 Å². The molecule has 0 unspecified atom stereocenters. The van der Waals surface area contributed by atoms with Crippen LogP contribution in [0.2, 0.25) is 0 Å². The van der Waals surface area contributed by atoms with Gasteiger partial charge in [-0.25, -0.2) is 0 Å². The third-order valence-corrected chi connectivity index (χ3v) is 3.28. The molecule has 1 N–H and O–H groups in total. The number of nitriles is 1. The Hall–Kier alpha value is -2.09. The standard InChI is InChI=1S/C14H20N4O/c1-4-14(5-2,11-15)17-13(19)10-18(3)12-6-8-16-9-7-12/h6-9H,4-5,10H2,1-3H3,(H,17,19). The summed E-state index contributed by atoms with van der Waals surface area (Å²) in [7, 11) is 1.83. The minimum absolute atomic E-state index is 0.149. The van der Waals surface area contributed by atoms with Gasteiger partial charge in [0, 0.05) is 25.1 Å². The number of nitrogens with one attached hydrogen (secondary N) is 1. The van der Waals surface area contributed by atoms with Gasteiger partial charge >= 0.3 is 0 Å². The lowest BCUT2D eigenvalue weighted by molar-refractivity contribution is -0.121. The SMILES string of the molecule is CCC(C#N)(CC)NC(=O)CN(C)c1ccncc1. The zero-order chi connectivity index (χ0) is 14.3. The number of carbonyl (C=O) groups excluding carboxylic acids is 1. The van der Waals surface area contributed by atoms with Gasteiger partial charge in [-0.3, -0.25) is 9.78 Å². The summed E-state index contributed by atoms with van der Waals surface area (Å²) in [4.78, 5) is 17.8. The van der Waals surface area contributed by atoms with Crippen LogP contribution < -0.4 is 10.2 Å². The highest BCUT2D eigenvalue weighted by Crippen LogP contribution is 2.14. The van der Waals surface area contributed by atoms with E-state index in [0.717, 1.165) is 5.69 Å². The van der Waals surface area contributed by atoms with E-state index in [1.54, 1.807) is 12.4 Å². The molecule has 0 aliphatic carbocycles. The first kappa shape index (κ1) is 15.0. The Kier molecular flexibility index (Phi) is 5.31. The number of hydrogen-bond donors (Lipinski definition) is 1. The van der Waals surface area contributed by atoms with E-state index in [-0.39, 0.29) is 12.5 Å². The van der Waals surface area contributed by atoms with Crippen molar-refractivity contribution in [3.63, 3.8) is 0 Å². The van der Waals surface area contributed by atoms with Gasteiger partial charge in [0.05, 0.1) is 12.6 Å². The van der Waals surface area contributed by atoms with Crippen LogP contribution >= 0.6 is 0 Å². The Labute approximate surface area is 114 Å². The second-order valence-corrected chi connectivity index (χ2v) is 4.51. The Morgan fingerprint density at radius 3 is 2.47 bits per heavy atom. The summed E-state index contributed by atoms with van der Waals surface area (Å²) in [5.74, 6) is -0.149. The second-order valence-electron chi connectivity index (χ2n) is 4.51. The fourth-order valence-corrected chi connectivity index (χ4v) is 1.82. The minimum Gasteiger partial charge on any atom is -0.365 e. The van der Waals surface area contributed by atoms with Crippen molar-refractivity contribution in [3.8, 4) is 6.07 Å². The highest BCUT2D eigenvalue weighted by molar-refractivity contribution is 5.82. The van der Waals surface area contributed by atoms with Gasteiger partial charge in [-0.15, -0.1) is 0 Å². The van der Waals surface area contributed by atoms with E-state index in [9.17, 15) is 10.1 Å². The van der Waals surface area contributed by atoms with Gasteiger partial charge in [0.2, 0.25) is 5.91 Å². The predicted octanol–water partition coefficient (Wildman–Crippen LogP) is 1.72. The van der Waals surface area contributed by atoms with Crippen LogP contribution in [0, 0.1) is 11.3 Å². The van der Waals surface area contributed by atoms with E-state index in [4.69, 9.17) is 0 Å². The van der Waals surface area contributed by atoms with Crippen LogP contribution in [0.1, 0.15) is 26.7 Å². The molecule has 1 rings (SSSR count). The number of pyridine rings is 1. The molecule has 1 heterocycles. The van der Waals surface area contributed by atoms with Crippen molar-refractivity contribution < 1.29 is 4.79 Å². The largest absolute Gasteiger partial charge is 0.365 e. The van der Waals surface area contributed by atoms with Crippen molar-refractivity contribution in [1.82, 2.24) is 10.3 Å². The Morgan fingerprint density at radius 2 is 2.00 bits per heavy atom. The second kappa shape index (κ2) is 6.74. The van der Waals surface area contributed by atoms with E-state index in [1.165, 1.54) is 0 Å². The zero-order valence-corrected chi connectivity index (χ0v) is 11.7. The molecule has 1 amide bonds. The first-order valence-corrected chi connectivity index (χ1v) is 6.40. The van der Waals surface area contributed by atoms with E-state index < -0.39 is 5.54 Å². The molecule has 0 radical (unpaired) electrons. The van der Waals surface area contributed by atoms with Crippen molar-refractivity contribution >= 4 is 11.6 Å². The number of amides is 1. The van der Waals surface area contributed by atoms with Crippen LogP contribution in [0.25, 0.3) is 0 Å². The predicted molar refractivity (Wildman–Crippen MR) is 74.6 cm³/mol. The minimum atomic E-state index is -0.754. The lowest BCUT2D eigenvalue weighted by Gasteiger charge is -2.27. The number of carbonyl (C=O) groups is 1. The van der Waals surface area contributed by atoms with Crippen LogP contribution in [0.3, 0.4) is 0 Å². The zero-order valence-electron chi connectivity index (χ0n) is 11.7. The third kappa shape index (κ3) is 3.95. The van der Waals surface area contributed by atoms with Crippen LogP contribution in [0.15, 0.2) is 24.5 Å². The molecule has 0 aliphatic rings. The Balaban J connectivity index is 2.64. The smallest absolute Gasteiger partial charge is 0.240 e. The van der Waals surface area contributed by atoms with Crippen molar-refractivity contribution in [2.24, 2.45) is 0 Å². The molecule has 0 saturated carbocycles. The average Bonchev–Trinajstić information content (AvgIpc) is 2.46. The molecule has 0 aromatic carbocycles. The van der Waals surface area contributed by atoms with Crippen molar-refractivity contribution in [1.29, 1.82) is 5.26 Å². The topological polar surface area (TPSA) is 69.0 Å². The highest BCUT2D eigenvalue weighted by Gasteiger charge is 2.27. The summed E-state index contributed by atoms with van der Waals surface area (Å²) in [5, 5.41) is 12.0. The van der Waals surface area contributed by atoms with Crippen molar-refractivity contribution in [2.75, 3.05) is 18.5 Å². The van der Waals surface area contributed by atoms with Gasteiger partial charge in [0.25, 0.3) is 0 Å². The number of rotatable bonds is 6. The normalized spacial score (nSPS) is 10.6. The molecule has 1 aromatic rings. The summed E-state index contributed by atoms with van der Waals surface area (Å²) in [5.41, 5.74) is 0.164. The first-order chi connectivity index (χ1) is 9.06. The van der Waals surface area contributed by atoms with E-state index in [1.807, 2.05) is 37.9 Å². The van der Waals surface area contributed by atoms with E-state index in [2.05, 4.69) is 16.4 Å². The molecule has 0 bridgehead atoms. The number of anilines is 1. The van der Waals surface area contributed by atoms with Crippen molar-refractivity contribution in [2.45, 2.75) is 32.2 Å². The maximum atomic E-state index is 12.0. The van der Waals surface area contributed by atoms with E-state index >= 15 is 0 Å². The average molecular weight is 260 g/mol. The molecule has 0 saturated heterocycles. The Bertz CT molecular complexity index is 448. The summed E-state index contributed by atoms with van der Waals surface area (Å²) < 4.78 is 0. The van der Waals surface area contributed by atoms with Crippen LogP contribution in [0.4, 0.5) is 5.69 Å². The van der Waals surface area contributed by atoms with E-state index in [0.29, 0.717) is 12.8 Å². The number of likely N-dealkylation sites (N-methyl/N-ethyl adjacent to an activating group) is 1. The number of nitrogens with zero attached hydrogens (tertiary/aromatic N) is 3. The van der Waals surface area contributed by atoms with Gasteiger partial charge in [-0.05, 0) is 25.0 Å². The fraction of sp³-hybridized carbons (Fsp3) is 0.500. The highest BCUT2D eigenvalue weighted by atomic mass is 16.2. The lowest BCUT2D eigenvalue weighted by atomic mass is 9.95. The first-order valence-electron chi connectivity index (χ1n) is 6.40. The molecule has 0 atom stereocenters. The van der Waals surface area contributed by atoms with Crippen LogP contribution in [0.5, 0.6) is 0 Å². The molecule has 5 nitrogen and oxygen atoms in total. The summed E-state index contributed by atoms with van der Waals surface area (Å²) in [6, 6.07) is 5.87. The molecular weight excluding hydrogens is 240 g/mol. The summed E-state index contributed by atoms with van der Waals surface area (Å²) in [6.45, 7) is 4.02. The molecule has 0 spiro atoms. The molecule has 1 aromatic heterocycles. The Morgan fingerprint density at radius 1 is 1.42 bits per heavy atom. The summed E-state index contributed by atoms with van der Waals surface area (Å²) >= 11 is 0. The third-order valence-electron chi connectivity index (χ3n) is 3.28. The molecular formula is C14H20N4O. The van der Waals surface area contributed by atoms with Gasteiger partial charge in [-0.1, -0.05) is 13.8 Å². The monoisotopic (exact) mass is 260 g/mol. The van der Waals surface area contributed by atoms with Crippen LogP contribution in [-0.4, -0.2) is 30.0 Å². The maximum absolute atomic E-state index is 12.0. The van der Waals surface area contributed by atoms with Crippen LogP contribution in [-0.2, 0) is 4.79 Å². The maximum Gasteiger partial charge on any atom is 0.240 e. The number of aromatic nitrogens is 1. The number of hydrogen-bond acceptors (Lipinski definition) is 4. The fourth-order valence-electron chi connectivity index (χ4n) is 1.82. The quantitative estimate of drug-likeness (QED) is 0.845.